The second kappa shape index (κ2) is 4.74. The van der Waals surface area contributed by atoms with Gasteiger partial charge >= 0.3 is 0 Å². The summed E-state index contributed by atoms with van der Waals surface area (Å²) in [5.41, 5.74) is 3.11. The lowest BCUT2D eigenvalue weighted by Gasteiger charge is -2.13. The maximum Gasteiger partial charge on any atom is 0.145 e. The molecule has 1 unspecified atom stereocenters. The minimum Gasteiger partial charge on any atom is -0.362 e. The lowest BCUT2D eigenvalue weighted by molar-refractivity contribution is 0.880. The summed E-state index contributed by atoms with van der Waals surface area (Å²) in [7, 11) is 0. The van der Waals surface area contributed by atoms with Crippen LogP contribution in [0.5, 0.6) is 0 Å². The van der Waals surface area contributed by atoms with E-state index in [1.54, 1.807) is 17.5 Å². The first kappa shape index (κ1) is 11.2. The summed E-state index contributed by atoms with van der Waals surface area (Å²) in [6.07, 6.45) is 1.78. The van der Waals surface area contributed by atoms with Gasteiger partial charge in [0, 0.05) is 0 Å². The zero-order valence-corrected chi connectivity index (χ0v) is 10.8. The molecule has 18 heavy (non-hydrogen) atoms. The highest BCUT2D eigenvalue weighted by Crippen LogP contribution is 2.20. The van der Waals surface area contributed by atoms with Gasteiger partial charge in [-0.2, -0.15) is 11.3 Å². The second-order valence-corrected chi connectivity index (χ2v) is 4.95. The predicted molar refractivity (Wildman–Crippen MR) is 75.9 cm³/mol. The SMILES string of the molecule is CC(Nc1cnc2ccccc2n1)c1ccsc1. The third-order valence-electron chi connectivity index (χ3n) is 2.86. The first-order valence-electron chi connectivity index (χ1n) is 5.83. The Kier molecular flexibility index (Phi) is 2.94. The van der Waals surface area contributed by atoms with Crippen molar-refractivity contribution in [2.24, 2.45) is 0 Å². The number of rotatable bonds is 3. The fourth-order valence-electron chi connectivity index (χ4n) is 1.85. The van der Waals surface area contributed by atoms with Crippen LogP contribution in [-0.4, -0.2) is 9.97 Å². The Balaban J connectivity index is 1.86. The maximum atomic E-state index is 4.55. The van der Waals surface area contributed by atoms with Gasteiger partial charge in [0.15, 0.2) is 0 Å². The summed E-state index contributed by atoms with van der Waals surface area (Å²) in [6.45, 7) is 2.12. The largest absolute Gasteiger partial charge is 0.362 e. The Labute approximate surface area is 110 Å². The molecule has 1 aromatic carbocycles. The third-order valence-corrected chi connectivity index (χ3v) is 3.56. The molecule has 0 aliphatic heterocycles. The van der Waals surface area contributed by atoms with Crippen molar-refractivity contribution in [3.8, 4) is 0 Å². The van der Waals surface area contributed by atoms with Gasteiger partial charge in [-0.1, -0.05) is 12.1 Å². The Morgan fingerprint density at radius 1 is 1.17 bits per heavy atom. The van der Waals surface area contributed by atoms with Gasteiger partial charge in [0.05, 0.1) is 23.3 Å². The fraction of sp³-hybridized carbons (Fsp3) is 0.143. The Morgan fingerprint density at radius 3 is 2.78 bits per heavy atom. The number of aromatic nitrogens is 2. The van der Waals surface area contributed by atoms with Crippen molar-refractivity contribution in [1.29, 1.82) is 0 Å². The van der Waals surface area contributed by atoms with E-state index in [4.69, 9.17) is 0 Å². The minimum absolute atomic E-state index is 0.242. The van der Waals surface area contributed by atoms with Crippen LogP contribution in [0.15, 0.2) is 47.3 Å². The molecule has 0 aliphatic rings. The second-order valence-electron chi connectivity index (χ2n) is 4.17. The Morgan fingerprint density at radius 2 is 2.00 bits per heavy atom. The summed E-state index contributed by atoms with van der Waals surface area (Å²) in [5, 5.41) is 7.60. The van der Waals surface area contributed by atoms with Crippen LogP contribution >= 0.6 is 11.3 Å². The van der Waals surface area contributed by atoms with Gasteiger partial charge in [-0.3, -0.25) is 4.98 Å². The van der Waals surface area contributed by atoms with E-state index in [2.05, 4.69) is 39.0 Å². The van der Waals surface area contributed by atoms with Crippen molar-refractivity contribution < 1.29 is 0 Å². The molecule has 1 N–H and O–H groups in total. The summed E-state index contributed by atoms with van der Waals surface area (Å²) < 4.78 is 0. The van der Waals surface area contributed by atoms with Crippen LogP contribution in [0.4, 0.5) is 5.82 Å². The van der Waals surface area contributed by atoms with E-state index >= 15 is 0 Å². The topological polar surface area (TPSA) is 37.8 Å². The van der Waals surface area contributed by atoms with Crippen LogP contribution in [-0.2, 0) is 0 Å². The zero-order valence-electron chi connectivity index (χ0n) is 10.00. The number of anilines is 1. The lowest BCUT2D eigenvalue weighted by atomic mass is 10.2. The summed E-state index contributed by atoms with van der Waals surface area (Å²) in [6, 6.07) is 10.3. The van der Waals surface area contributed by atoms with Gasteiger partial charge in [-0.05, 0) is 41.4 Å². The van der Waals surface area contributed by atoms with Gasteiger partial charge < -0.3 is 5.32 Å². The van der Waals surface area contributed by atoms with Crippen molar-refractivity contribution in [2.75, 3.05) is 5.32 Å². The number of nitrogens with zero attached hydrogens (tertiary/aromatic N) is 2. The van der Waals surface area contributed by atoms with Crippen LogP contribution in [0.3, 0.4) is 0 Å². The van der Waals surface area contributed by atoms with Gasteiger partial charge in [0.1, 0.15) is 5.82 Å². The van der Waals surface area contributed by atoms with Crippen molar-refractivity contribution in [1.82, 2.24) is 9.97 Å². The van der Waals surface area contributed by atoms with Crippen LogP contribution in [0.1, 0.15) is 18.5 Å². The first-order valence-corrected chi connectivity index (χ1v) is 6.77. The van der Waals surface area contributed by atoms with E-state index in [1.165, 1.54) is 5.56 Å². The van der Waals surface area contributed by atoms with E-state index in [0.29, 0.717) is 0 Å². The first-order chi connectivity index (χ1) is 8.83. The molecule has 0 amide bonds. The molecule has 4 heteroatoms. The van der Waals surface area contributed by atoms with E-state index in [9.17, 15) is 0 Å². The normalized spacial score (nSPS) is 12.5. The van der Waals surface area contributed by atoms with Crippen molar-refractivity contribution >= 4 is 28.2 Å². The zero-order chi connectivity index (χ0) is 12.4. The van der Waals surface area contributed by atoms with Gasteiger partial charge in [0.2, 0.25) is 0 Å². The molecule has 0 saturated heterocycles. The molecular weight excluding hydrogens is 242 g/mol. The standard InChI is InChI=1S/C14H13N3S/c1-10(11-6-7-18-9-11)16-14-8-15-12-4-2-3-5-13(12)17-14/h2-10H,1H3,(H,16,17). The van der Waals surface area contributed by atoms with Gasteiger partial charge in [-0.15, -0.1) is 0 Å². The average molecular weight is 255 g/mol. The van der Waals surface area contributed by atoms with Crippen LogP contribution in [0.25, 0.3) is 11.0 Å². The fourth-order valence-corrected chi connectivity index (χ4v) is 2.61. The van der Waals surface area contributed by atoms with Crippen molar-refractivity contribution in [3.05, 3.63) is 52.9 Å². The van der Waals surface area contributed by atoms with Crippen LogP contribution in [0.2, 0.25) is 0 Å². The number of fused-ring (bicyclic) bond motifs is 1. The average Bonchev–Trinajstić information content (AvgIpc) is 2.92. The molecule has 0 spiro atoms. The molecule has 90 valence electrons. The molecular formula is C14H13N3S. The quantitative estimate of drug-likeness (QED) is 0.772. The van der Waals surface area contributed by atoms with Gasteiger partial charge in [-0.25, -0.2) is 4.98 Å². The minimum atomic E-state index is 0.242. The molecule has 0 aliphatic carbocycles. The molecule has 0 radical (unpaired) electrons. The highest BCUT2D eigenvalue weighted by Gasteiger charge is 2.07. The van der Waals surface area contributed by atoms with E-state index in [1.807, 2.05) is 24.3 Å². The maximum absolute atomic E-state index is 4.55. The Hall–Kier alpha value is -1.94. The predicted octanol–water partition coefficient (Wildman–Crippen LogP) is 3.86. The molecule has 1 atom stereocenters. The third kappa shape index (κ3) is 2.19. The van der Waals surface area contributed by atoms with Crippen LogP contribution < -0.4 is 5.32 Å². The van der Waals surface area contributed by atoms with E-state index in [0.717, 1.165) is 16.9 Å². The smallest absolute Gasteiger partial charge is 0.145 e. The summed E-state index contributed by atoms with van der Waals surface area (Å²) >= 11 is 1.70. The van der Waals surface area contributed by atoms with E-state index in [-0.39, 0.29) is 6.04 Å². The van der Waals surface area contributed by atoms with Crippen molar-refractivity contribution in [3.63, 3.8) is 0 Å². The Bertz CT molecular complexity index is 649. The number of benzene rings is 1. The number of nitrogens with one attached hydrogen (secondary N) is 1. The number of para-hydroxylation sites is 2. The molecule has 3 rings (SSSR count). The van der Waals surface area contributed by atoms with E-state index < -0.39 is 0 Å². The summed E-state index contributed by atoms with van der Waals surface area (Å²) in [5.74, 6) is 0.812. The molecule has 2 aromatic heterocycles. The number of hydrogen-bond donors (Lipinski definition) is 1. The number of thiophene rings is 1. The molecule has 3 nitrogen and oxygen atoms in total. The lowest BCUT2D eigenvalue weighted by Crippen LogP contribution is -2.07. The molecule has 0 saturated carbocycles. The highest BCUT2D eigenvalue weighted by molar-refractivity contribution is 7.07. The van der Waals surface area contributed by atoms with Crippen LogP contribution in [0, 0.1) is 0 Å². The molecule has 0 bridgehead atoms. The molecule has 3 aromatic rings. The number of hydrogen-bond acceptors (Lipinski definition) is 4. The highest BCUT2D eigenvalue weighted by atomic mass is 32.1. The monoisotopic (exact) mass is 255 g/mol. The van der Waals surface area contributed by atoms with Crippen molar-refractivity contribution in [2.45, 2.75) is 13.0 Å². The van der Waals surface area contributed by atoms with Gasteiger partial charge in [0.25, 0.3) is 0 Å². The molecule has 0 fully saturated rings. The molecule has 2 heterocycles. The summed E-state index contributed by atoms with van der Waals surface area (Å²) in [4.78, 5) is 8.95.